The summed E-state index contributed by atoms with van der Waals surface area (Å²) in [7, 11) is 1.57. The van der Waals surface area contributed by atoms with Gasteiger partial charge in [0, 0.05) is 6.42 Å². The molecule has 0 saturated heterocycles. The number of hydrogen-bond donors (Lipinski definition) is 0. The Kier molecular flexibility index (Phi) is 7.21. The highest BCUT2D eigenvalue weighted by Gasteiger charge is 2.32. The number of ether oxygens (including phenoxy) is 2. The van der Waals surface area contributed by atoms with Gasteiger partial charge >= 0.3 is 6.61 Å². The summed E-state index contributed by atoms with van der Waals surface area (Å²) >= 11 is 1.25. The summed E-state index contributed by atoms with van der Waals surface area (Å²) in [6.07, 6.45) is 2.31. The first-order valence-corrected chi connectivity index (χ1v) is 11.2. The zero-order valence-electron chi connectivity index (χ0n) is 18.3. The smallest absolute Gasteiger partial charge is 0.387 e. The number of aliphatic imine (C=N–C) groups is 1. The Bertz CT molecular complexity index is 1210. The summed E-state index contributed by atoms with van der Waals surface area (Å²) in [6.45, 7) is -1.02. The fraction of sp³-hybridized carbons (Fsp3) is 0.217. The second-order valence-electron chi connectivity index (χ2n) is 6.96. The van der Waals surface area contributed by atoms with Crippen LogP contribution in [0.4, 0.5) is 14.5 Å². The molecule has 1 aromatic heterocycles. The molecule has 0 atom stereocenters. The minimum absolute atomic E-state index is 0.0107. The van der Waals surface area contributed by atoms with E-state index in [-0.39, 0.29) is 17.4 Å². The van der Waals surface area contributed by atoms with Crippen LogP contribution in [0.5, 0.6) is 11.5 Å². The number of aryl methyl sites for hydroxylation is 1. The number of carbonyl (C=O) groups is 1. The van der Waals surface area contributed by atoms with E-state index in [9.17, 15) is 13.6 Å². The fourth-order valence-corrected chi connectivity index (χ4v) is 3.92. The van der Waals surface area contributed by atoms with E-state index in [1.807, 2.05) is 19.1 Å². The van der Waals surface area contributed by atoms with E-state index in [4.69, 9.17) is 9.26 Å². The molecule has 0 bridgehead atoms. The van der Waals surface area contributed by atoms with Crippen molar-refractivity contribution >= 4 is 34.6 Å². The maximum Gasteiger partial charge on any atom is 0.387 e. The molecule has 2 aromatic carbocycles. The van der Waals surface area contributed by atoms with Crippen LogP contribution in [0.15, 0.2) is 63.7 Å². The number of rotatable bonds is 8. The molecule has 0 saturated carbocycles. The zero-order chi connectivity index (χ0) is 24.1. The molecule has 1 aliphatic rings. The van der Waals surface area contributed by atoms with Gasteiger partial charge < -0.3 is 14.0 Å². The van der Waals surface area contributed by atoms with Crippen molar-refractivity contribution in [3.8, 4) is 11.5 Å². The van der Waals surface area contributed by atoms with E-state index in [2.05, 4.69) is 19.9 Å². The topological polar surface area (TPSA) is 90.0 Å². The van der Waals surface area contributed by atoms with Gasteiger partial charge in [-0.2, -0.15) is 13.8 Å². The summed E-state index contributed by atoms with van der Waals surface area (Å²) in [4.78, 5) is 23.5. The van der Waals surface area contributed by atoms with E-state index >= 15 is 0 Å². The Morgan fingerprint density at radius 2 is 1.82 bits per heavy atom. The molecular weight excluding hydrogens is 466 g/mol. The minimum atomic E-state index is -2.94. The lowest BCUT2D eigenvalue weighted by molar-refractivity contribution is -0.113. The Morgan fingerprint density at radius 3 is 2.44 bits per heavy atom. The monoisotopic (exact) mass is 486 g/mol. The average Bonchev–Trinajstić information content (AvgIpc) is 3.42. The number of hydrogen-bond acceptors (Lipinski definition) is 8. The van der Waals surface area contributed by atoms with Gasteiger partial charge in [0.2, 0.25) is 5.89 Å². The predicted octanol–water partition coefficient (Wildman–Crippen LogP) is 4.92. The third kappa shape index (κ3) is 5.42. The summed E-state index contributed by atoms with van der Waals surface area (Å²) in [5, 5.41) is 4.27. The average molecular weight is 487 g/mol. The number of methoxy groups -OCH3 is 1. The highest BCUT2D eigenvalue weighted by Crippen LogP contribution is 2.32. The van der Waals surface area contributed by atoms with Crippen LogP contribution < -0.4 is 14.4 Å². The summed E-state index contributed by atoms with van der Waals surface area (Å²) in [5.41, 5.74) is 1.44. The molecule has 176 valence electrons. The first kappa shape index (κ1) is 23.4. The van der Waals surface area contributed by atoms with Crippen LogP contribution in [0.25, 0.3) is 6.08 Å². The molecule has 8 nitrogen and oxygen atoms in total. The second kappa shape index (κ2) is 10.5. The van der Waals surface area contributed by atoms with Crippen LogP contribution in [-0.4, -0.2) is 34.9 Å². The number of carbonyl (C=O) groups excluding carboxylic acids is 1. The first-order chi connectivity index (χ1) is 16.5. The van der Waals surface area contributed by atoms with Crippen molar-refractivity contribution in [1.82, 2.24) is 10.1 Å². The van der Waals surface area contributed by atoms with Gasteiger partial charge in [-0.25, -0.2) is 4.99 Å². The van der Waals surface area contributed by atoms with Crippen LogP contribution in [0.1, 0.15) is 24.2 Å². The lowest BCUT2D eigenvalue weighted by Crippen LogP contribution is -2.30. The van der Waals surface area contributed by atoms with Crippen molar-refractivity contribution in [3.05, 3.63) is 71.5 Å². The fourth-order valence-electron chi connectivity index (χ4n) is 3.07. The molecule has 1 amide bonds. The van der Waals surface area contributed by atoms with Crippen LogP contribution in [0.3, 0.4) is 0 Å². The van der Waals surface area contributed by atoms with Gasteiger partial charge in [-0.05, 0) is 48.0 Å². The number of aromatic nitrogens is 2. The van der Waals surface area contributed by atoms with Crippen LogP contribution in [0, 0.1) is 0 Å². The Hall–Kier alpha value is -3.73. The quantitative estimate of drug-likeness (QED) is 0.418. The van der Waals surface area contributed by atoms with E-state index in [0.29, 0.717) is 40.5 Å². The van der Waals surface area contributed by atoms with Gasteiger partial charge in [0.25, 0.3) is 5.91 Å². The van der Waals surface area contributed by atoms with E-state index in [1.165, 1.54) is 40.9 Å². The van der Waals surface area contributed by atoms with Gasteiger partial charge in [-0.1, -0.05) is 36.0 Å². The molecule has 0 spiro atoms. The van der Waals surface area contributed by atoms with E-state index in [0.717, 1.165) is 5.56 Å². The third-order valence-corrected chi connectivity index (χ3v) is 5.64. The summed E-state index contributed by atoms with van der Waals surface area (Å²) in [6, 6.07) is 13.0. The number of anilines is 1. The van der Waals surface area contributed by atoms with Crippen molar-refractivity contribution in [1.29, 1.82) is 0 Å². The minimum Gasteiger partial charge on any atom is -0.497 e. The molecule has 1 aliphatic heterocycles. The van der Waals surface area contributed by atoms with Crippen molar-refractivity contribution in [2.75, 3.05) is 12.0 Å². The molecule has 0 radical (unpaired) electrons. The molecule has 0 N–H and O–H groups in total. The van der Waals surface area contributed by atoms with Crippen LogP contribution in [-0.2, 0) is 17.0 Å². The Balaban J connectivity index is 1.62. The molecular formula is C23H20F2N4O4S. The van der Waals surface area contributed by atoms with E-state index < -0.39 is 6.61 Å². The summed E-state index contributed by atoms with van der Waals surface area (Å²) in [5.74, 6) is 1.62. The van der Waals surface area contributed by atoms with E-state index in [1.54, 1.807) is 25.3 Å². The normalized spacial score (nSPS) is 14.7. The standard InChI is InChI=1S/C23H20F2N4O4S/c1-3-19-27-20(33-28-19)13-34-23-26-18(12-14-4-8-16(31-2)9-5-14)21(30)29(23)15-6-10-17(11-7-15)32-22(24)25/h4-12,22H,3,13H2,1-2H3/b18-12-. The number of benzene rings is 2. The lowest BCUT2D eigenvalue weighted by Gasteiger charge is -2.18. The maximum absolute atomic E-state index is 13.3. The number of amides is 1. The summed E-state index contributed by atoms with van der Waals surface area (Å²) < 4.78 is 39.8. The largest absolute Gasteiger partial charge is 0.497 e. The highest BCUT2D eigenvalue weighted by atomic mass is 32.2. The number of alkyl halides is 2. The lowest BCUT2D eigenvalue weighted by atomic mass is 10.2. The molecule has 2 heterocycles. The number of halogens is 2. The third-order valence-electron chi connectivity index (χ3n) is 4.72. The van der Waals surface area contributed by atoms with Gasteiger partial charge in [-0.3, -0.25) is 9.69 Å². The molecule has 0 fully saturated rings. The van der Waals surface area contributed by atoms with Crippen molar-refractivity contribution in [2.24, 2.45) is 4.99 Å². The van der Waals surface area contributed by atoms with Gasteiger partial charge in [0.15, 0.2) is 11.0 Å². The molecule has 0 aliphatic carbocycles. The van der Waals surface area contributed by atoms with Gasteiger partial charge in [-0.15, -0.1) is 0 Å². The molecule has 0 unspecified atom stereocenters. The van der Waals surface area contributed by atoms with Crippen LogP contribution >= 0.6 is 11.8 Å². The molecule has 3 aromatic rings. The van der Waals surface area contributed by atoms with Crippen molar-refractivity contribution < 1.29 is 27.6 Å². The number of thioether (sulfide) groups is 1. The van der Waals surface area contributed by atoms with Gasteiger partial charge in [0.1, 0.15) is 17.2 Å². The molecule has 4 rings (SSSR count). The van der Waals surface area contributed by atoms with Crippen molar-refractivity contribution in [2.45, 2.75) is 25.7 Å². The van der Waals surface area contributed by atoms with Crippen molar-refractivity contribution in [3.63, 3.8) is 0 Å². The van der Waals surface area contributed by atoms with Gasteiger partial charge in [0.05, 0.1) is 18.6 Å². The first-order valence-electron chi connectivity index (χ1n) is 10.2. The Labute approximate surface area is 198 Å². The number of nitrogens with zero attached hydrogens (tertiary/aromatic N) is 4. The predicted molar refractivity (Wildman–Crippen MR) is 124 cm³/mol. The van der Waals surface area contributed by atoms with Crippen LogP contribution in [0.2, 0.25) is 0 Å². The zero-order valence-corrected chi connectivity index (χ0v) is 19.1. The molecule has 11 heteroatoms. The maximum atomic E-state index is 13.3. The SMILES string of the molecule is CCc1noc(CSC2=N/C(=C\c3ccc(OC)cc3)C(=O)N2c2ccc(OC(F)F)cc2)n1. The number of amidine groups is 1. The highest BCUT2D eigenvalue weighted by molar-refractivity contribution is 8.13. The second-order valence-corrected chi connectivity index (χ2v) is 7.90. The molecule has 34 heavy (non-hydrogen) atoms. The Morgan fingerprint density at radius 1 is 1.12 bits per heavy atom.